The summed E-state index contributed by atoms with van der Waals surface area (Å²) >= 11 is 0. The predicted octanol–water partition coefficient (Wildman–Crippen LogP) is 17.4. The van der Waals surface area contributed by atoms with Crippen molar-refractivity contribution in [1.29, 1.82) is 0 Å². The molecule has 2 amide bonds. The Morgan fingerprint density at radius 1 is 0.310 bits per heavy atom. The minimum absolute atomic E-state index is 0.0517. The second-order valence-corrected chi connectivity index (χ2v) is 19.2. The summed E-state index contributed by atoms with van der Waals surface area (Å²) in [6, 6.07) is 0. The summed E-state index contributed by atoms with van der Waals surface area (Å²) in [5, 5.41) is 0. The third kappa shape index (κ3) is 25.3. The number of fused-ring (bicyclic) bond motifs is 1. The fourth-order valence-corrected chi connectivity index (χ4v) is 9.78. The van der Waals surface area contributed by atoms with Gasteiger partial charge in [-0.15, -0.1) is 0 Å². The quantitative estimate of drug-likeness (QED) is 0.0575. The van der Waals surface area contributed by atoms with Crippen LogP contribution in [-0.4, -0.2) is 34.7 Å². The number of hydrogen-bond donors (Lipinski definition) is 0. The number of amides is 2. The topological polar surface area (TPSA) is 40.6 Å². The molecule has 0 atom stereocenters. The van der Waals surface area contributed by atoms with Crippen LogP contribution in [0, 0.1) is 11.8 Å². The van der Waals surface area contributed by atoms with E-state index in [4.69, 9.17) is 0 Å². The Morgan fingerprint density at radius 3 is 0.759 bits per heavy atom. The predicted molar refractivity (Wildman–Crippen MR) is 254 cm³/mol. The van der Waals surface area contributed by atoms with E-state index in [2.05, 4.69) is 27.7 Å². The van der Waals surface area contributed by atoms with E-state index in [9.17, 15) is 9.59 Å². The molecule has 2 heterocycles. The van der Waals surface area contributed by atoms with Gasteiger partial charge in [0.25, 0.3) is 11.8 Å². The summed E-state index contributed by atoms with van der Waals surface area (Å²) in [6.07, 6.45) is 57.9. The molecule has 0 bridgehead atoms. The molecule has 2 rings (SSSR count). The van der Waals surface area contributed by atoms with Crippen LogP contribution in [-0.2, 0) is 9.59 Å². The summed E-state index contributed by atoms with van der Waals surface area (Å²) in [6.45, 7) is 10.7. The zero-order valence-corrected chi connectivity index (χ0v) is 39.7. The maximum Gasteiger partial charge on any atom is 0.260 e. The zero-order valence-electron chi connectivity index (χ0n) is 39.7. The van der Waals surface area contributed by atoms with Gasteiger partial charge in [0.1, 0.15) is 0 Å². The van der Waals surface area contributed by atoms with Gasteiger partial charge >= 0.3 is 0 Å². The molecule has 0 aliphatic carbocycles. The average Bonchev–Trinajstić information content (AvgIpc) is 3.71. The Morgan fingerprint density at radius 2 is 0.517 bits per heavy atom. The molecule has 58 heavy (non-hydrogen) atoms. The second-order valence-electron chi connectivity index (χ2n) is 19.2. The first-order valence-electron chi connectivity index (χ1n) is 26.6. The van der Waals surface area contributed by atoms with Gasteiger partial charge < -0.3 is 9.80 Å². The lowest BCUT2D eigenvalue weighted by molar-refractivity contribution is -0.124. The molecule has 0 aromatic heterocycles. The lowest BCUT2D eigenvalue weighted by atomic mass is 9.90. The van der Waals surface area contributed by atoms with Crippen molar-refractivity contribution < 1.29 is 9.59 Å². The zero-order chi connectivity index (χ0) is 41.7. The van der Waals surface area contributed by atoms with Crippen molar-refractivity contribution in [2.24, 2.45) is 11.8 Å². The van der Waals surface area contributed by atoms with E-state index in [1.807, 2.05) is 22.2 Å². The molecule has 0 saturated heterocycles. The van der Waals surface area contributed by atoms with Crippen LogP contribution in [0.25, 0.3) is 0 Å². The molecule has 0 unspecified atom stereocenters. The highest BCUT2D eigenvalue weighted by molar-refractivity contribution is 6.17. The minimum Gasteiger partial charge on any atom is -0.314 e. The standard InChI is InChI=1S/C54H100N2O2/c1-5-9-13-17-21-25-29-33-39-49(40-34-30-26-22-18-14-10-6-2)43-37-45-55-47-51-52(53(55)57)48-56(54(51)58)46-38-44-50(41-35-31-27-23-19-15-11-7-3)42-36-32-28-24-20-16-12-8-4/h47-50H,5-46H2,1-4H3. The van der Waals surface area contributed by atoms with Gasteiger partial charge in [-0.05, 0) is 37.5 Å². The van der Waals surface area contributed by atoms with E-state index >= 15 is 0 Å². The monoisotopic (exact) mass is 809 g/mol. The van der Waals surface area contributed by atoms with E-state index in [-0.39, 0.29) is 11.8 Å². The Bertz CT molecular complexity index is 926. The molecule has 2 aliphatic rings. The normalized spacial score (nSPS) is 14.2. The molecular formula is C54H100N2O2. The largest absolute Gasteiger partial charge is 0.314 e. The molecule has 0 aromatic carbocycles. The van der Waals surface area contributed by atoms with Crippen LogP contribution >= 0.6 is 0 Å². The molecule has 4 heteroatoms. The molecule has 338 valence electrons. The number of rotatable bonds is 44. The van der Waals surface area contributed by atoms with E-state index in [0.717, 1.165) is 37.8 Å². The summed E-state index contributed by atoms with van der Waals surface area (Å²) in [5.41, 5.74) is 1.29. The minimum atomic E-state index is 0.0517. The molecule has 0 fully saturated rings. The summed E-state index contributed by atoms with van der Waals surface area (Å²) < 4.78 is 0. The number of nitrogens with zero attached hydrogens (tertiary/aromatic N) is 2. The molecule has 0 aromatic rings. The van der Waals surface area contributed by atoms with Crippen molar-refractivity contribution in [2.75, 3.05) is 13.1 Å². The maximum absolute atomic E-state index is 13.5. The van der Waals surface area contributed by atoms with Gasteiger partial charge in [0, 0.05) is 25.5 Å². The smallest absolute Gasteiger partial charge is 0.260 e. The Balaban J connectivity index is 1.78. The number of carbonyl (C=O) groups excluding carboxylic acids is 2. The fourth-order valence-electron chi connectivity index (χ4n) is 9.78. The van der Waals surface area contributed by atoms with E-state index in [1.54, 1.807) is 0 Å². The molecule has 2 aliphatic heterocycles. The third-order valence-corrected chi connectivity index (χ3v) is 13.7. The lowest BCUT2D eigenvalue weighted by Crippen LogP contribution is -2.26. The average molecular weight is 809 g/mol. The van der Waals surface area contributed by atoms with Gasteiger partial charge in [-0.2, -0.15) is 0 Å². The van der Waals surface area contributed by atoms with Crippen molar-refractivity contribution in [3.63, 3.8) is 0 Å². The first-order valence-corrected chi connectivity index (χ1v) is 26.6. The molecule has 4 nitrogen and oxygen atoms in total. The van der Waals surface area contributed by atoms with Crippen LogP contribution in [0.3, 0.4) is 0 Å². The van der Waals surface area contributed by atoms with Gasteiger partial charge in [-0.25, -0.2) is 0 Å². The summed E-state index contributed by atoms with van der Waals surface area (Å²) in [4.78, 5) is 30.8. The van der Waals surface area contributed by atoms with Crippen molar-refractivity contribution in [2.45, 2.75) is 285 Å². The van der Waals surface area contributed by atoms with Crippen molar-refractivity contribution in [3.05, 3.63) is 23.5 Å². The SMILES string of the molecule is CCCCCCCCCCC(CCCCCCCCCC)CCCN1C=C2C(=O)N(CCCC(CCCCCCCCCC)CCCCCCCCCC)C=C2C1=O. The van der Waals surface area contributed by atoms with Crippen LogP contribution in [0.4, 0.5) is 0 Å². The van der Waals surface area contributed by atoms with Crippen molar-refractivity contribution >= 4 is 11.8 Å². The van der Waals surface area contributed by atoms with E-state index in [1.165, 1.54) is 244 Å². The molecule has 0 N–H and O–H groups in total. The van der Waals surface area contributed by atoms with Gasteiger partial charge in [0.15, 0.2) is 0 Å². The van der Waals surface area contributed by atoms with Crippen LogP contribution in [0.2, 0.25) is 0 Å². The number of unbranched alkanes of at least 4 members (excludes halogenated alkanes) is 28. The summed E-state index contributed by atoms with van der Waals surface area (Å²) in [7, 11) is 0. The van der Waals surface area contributed by atoms with Crippen molar-refractivity contribution in [3.8, 4) is 0 Å². The Labute approximate surface area is 363 Å². The van der Waals surface area contributed by atoms with Gasteiger partial charge in [0.2, 0.25) is 0 Å². The van der Waals surface area contributed by atoms with E-state index in [0.29, 0.717) is 11.1 Å². The highest BCUT2D eigenvalue weighted by Gasteiger charge is 2.38. The lowest BCUT2D eigenvalue weighted by Gasteiger charge is -2.20. The van der Waals surface area contributed by atoms with Gasteiger partial charge in [-0.1, -0.05) is 259 Å². The van der Waals surface area contributed by atoms with E-state index < -0.39 is 0 Å². The van der Waals surface area contributed by atoms with Gasteiger partial charge in [0.05, 0.1) is 11.1 Å². The number of carbonyl (C=O) groups is 2. The molecule has 0 spiro atoms. The third-order valence-electron chi connectivity index (χ3n) is 13.7. The van der Waals surface area contributed by atoms with Crippen molar-refractivity contribution in [1.82, 2.24) is 9.80 Å². The second kappa shape index (κ2) is 37.2. The first-order chi connectivity index (χ1) is 28.5. The van der Waals surface area contributed by atoms with Crippen LogP contribution in [0.5, 0.6) is 0 Å². The highest BCUT2D eigenvalue weighted by Crippen LogP contribution is 2.32. The van der Waals surface area contributed by atoms with Gasteiger partial charge in [-0.3, -0.25) is 9.59 Å². The molecular weight excluding hydrogens is 709 g/mol. The summed E-state index contributed by atoms with van der Waals surface area (Å²) in [5.74, 6) is 1.65. The fraction of sp³-hybridized carbons (Fsp3) is 0.889. The molecule has 0 saturated carbocycles. The Kier molecular flexibility index (Phi) is 33.7. The maximum atomic E-state index is 13.5. The highest BCUT2D eigenvalue weighted by atomic mass is 16.2. The molecule has 0 radical (unpaired) electrons. The van der Waals surface area contributed by atoms with Crippen LogP contribution in [0.15, 0.2) is 23.5 Å². The Hall–Kier alpha value is -1.58. The van der Waals surface area contributed by atoms with Crippen LogP contribution < -0.4 is 0 Å². The number of hydrogen-bond acceptors (Lipinski definition) is 2. The van der Waals surface area contributed by atoms with Crippen LogP contribution in [0.1, 0.15) is 285 Å². The first kappa shape index (κ1) is 52.6.